The maximum Gasteiger partial charge on any atom is 0.265 e. The van der Waals surface area contributed by atoms with Gasteiger partial charge < -0.3 is 15.4 Å². The highest BCUT2D eigenvalue weighted by molar-refractivity contribution is 7.21. The number of likely N-dealkylation sites (N-methyl/N-ethyl adjacent to an activating group) is 1. The lowest BCUT2D eigenvalue weighted by Gasteiger charge is -2.16. The molecular formula is C14H17FN2O2S. The van der Waals surface area contributed by atoms with Crippen LogP contribution in [0.15, 0.2) is 18.2 Å². The van der Waals surface area contributed by atoms with Crippen LogP contribution in [0.25, 0.3) is 10.1 Å². The standard InChI is InChI=1S/C14H17FN2O2S/c1-3-19-8-7-17(2)14(18)13-12(16)11-9(15)5-4-6-10(11)20-13/h4-6H,3,7-8,16H2,1-2H3. The predicted octanol–water partition coefficient (Wildman–Crippen LogP) is 2.73. The van der Waals surface area contributed by atoms with E-state index >= 15 is 0 Å². The number of amides is 1. The van der Waals surface area contributed by atoms with Gasteiger partial charge in [0.05, 0.1) is 17.7 Å². The number of hydrogen-bond acceptors (Lipinski definition) is 4. The molecule has 1 aromatic heterocycles. The smallest absolute Gasteiger partial charge is 0.265 e. The summed E-state index contributed by atoms with van der Waals surface area (Å²) in [4.78, 5) is 14.2. The summed E-state index contributed by atoms with van der Waals surface area (Å²) >= 11 is 1.22. The molecule has 0 fully saturated rings. The first kappa shape index (κ1) is 14.7. The monoisotopic (exact) mass is 296 g/mol. The van der Waals surface area contributed by atoms with Crippen molar-refractivity contribution in [3.05, 3.63) is 28.9 Å². The summed E-state index contributed by atoms with van der Waals surface area (Å²) in [7, 11) is 1.68. The molecule has 0 unspecified atom stereocenters. The SMILES string of the molecule is CCOCCN(C)C(=O)c1sc2cccc(F)c2c1N. The first-order valence-corrected chi connectivity index (χ1v) is 7.17. The normalized spacial score (nSPS) is 10.9. The molecule has 0 saturated carbocycles. The Morgan fingerprint density at radius 2 is 2.25 bits per heavy atom. The van der Waals surface area contributed by atoms with Gasteiger partial charge in [-0.2, -0.15) is 0 Å². The van der Waals surface area contributed by atoms with Crippen LogP contribution in [0, 0.1) is 5.82 Å². The van der Waals surface area contributed by atoms with E-state index in [1.165, 1.54) is 22.3 Å². The quantitative estimate of drug-likeness (QED) is 0.863. The number of nitrogens with two attached hydrogens (primary N) is 1. The summed E-state index contributed by atoms with van der Waals surface area (Å²) in [5.41, 5.74) is 6.14. The van der Waals surface area contributed by atoms with E-state index in [0.717, 1.165) is 0 Å². The van der Waals surface area contributed by atoms with E-state index in [1.807, 2.05) is 6.92 Å². The first-order chi connectivity index (χ1) is 9.56. The number of anilines is 1. The van der Waals surface area contributed by atoms with Gasteiger partial charge in [-0.05, 0) is 19.1 Å². The highest BCUT2D eigenvalue weighted by Crippen LogP contribution is 2.35. The zero-order valence-electron chi connectivity index (χ0n) is 11.5. The molecule has 1 heterocycles. The van der Waals surface area contributed by atoms with Crippen LogP contribution >= 0.6 is 11.3 Å². The lowest BCUT2D eigenvalue weighted by Crippen LogP contribution is -2.30. The molecule has 108 valence electrons. The van der Waals surface area contributed by atoms with Crippen LogP contribution in [-0.2, 0) is 4.74 Å². The Bertz CT molecular complexity index is 627. The van der Waals surface area contributed by atoms with E-state index in [1.54, 1.807) is 19.2 Å². The molecule has 0 spiro atoms. The van der Waals surface area contributed by atoms with E-state index in [-0.39, 0.29) is 11.6 Å². The number of benzene rings is 1. The maximum absolute atomic E-state index is 13.8. The highest BCUT2D eigenvalue weighted by Gasteiger charge is 2.21. The fourth-order valence-electron chi connectivity index (χ4n) is 1.91. The molecule has 2 N–H and O–H groups in total. The molecule has 4 nitrogen and oxygen atoms in total. The van der Waals surface area contributed by atoms with Crippen molar-refractivity contribution in [3.8, 4) is 0 Å². The van der Waals surface area contributed by atoms with Crippen LogP contribution in [0.2, 0.25) is 0 Å². The van der Waals surface area contributed by atoms with Crippen molar-refractivity contribution >= 4 is 33.0 Å². The van der Waals surface area contributed by atoms with Gasteiger partial charge in [-0.25, -0.2) is 4.39 Å². The summed E-state index contributed by atoms with van der Waals surface area (Å²) in [6.45, 7) is 3.45. The number of carbonyl (C=O) groups excluding carboxylic acids is 1. The van der Waals surface area contributed by atoms with E-state index in [4.69, 9.17) is 10.5 Å². The molecule has 0 bridgehead atoms. The molecular weight excluding hydrogens is 279 g/mol. The molecule has 0 aliphatic rings. The van der Waals surface area contributed by atoms with Gasteiger partial charge in [0, 0.05) is 24.9 Å². The number of carbonyl (C=O) groups is 1. The molecule has 20 heavy (non-hydrogen) atoms. The largest absolute Gasteiger partial charge is 0.397 e. The fourth-order valence-corrected chi connectivity index (χ4v) is 3.04. The average Bonchev–Trinajstić information content (AvgIpc) is 2.76. The molecule has 0 saturated heterocycles. The Balaban J connectivity index is 2.26. The average molecular weight is 296 g/mol. The zero-order valence-corrected chi connectivity index (χ0v) is 12.3. The Labute approximate surface area is 120 Å². The summed E-state index contributed by atoms with van der Waals surface area (Å²) in [5.74, 6) is -0.602. The van der Waals surface area contributed by atoms with Crippen LogP contribution in [-0.4, -0.2) is 37.6 Å². The molecule has 0 radical (unpaired) electrons. The summed E-state index contributed by atoms with van der Waals surface area (Å²) in [6.07, 6.45) is 0. The third-order valence-electron chi connectivity index (χ3n) is 3.02. The van der Waals surface area contributed by atoms with Crippen molar-refractivity contribution in [3.63, 3.8) is 0 Å². The van der Waals surface area contributed by atoms with Gasteiger partial charge in [0.2, 0.25) is 0 Å². The second-order valence-corrected chi connectivity index (χ2v) is 5.43. The van der Waals surface area contributed by atoms with Gasteiger partial charge in [-0.15, -0.1) is 11.3 Å². The number of halogens is 1. The van der Waals surface area contributed by atoms with Crippen molar-refractivity contribution in [2.45, 2.75) is 6.92 Å². The lowest BCUT2D eigenvalue weighted by atomic mass is 10.2. The number of nitrogen functional groups attached to an aromatic ring is 1. The molecule has 0 aliphatic heterocycles. The molecule has 2 aromatic rings. The third-order valence-corrected chi connectivity index (χ3v) is 4.18. The molecule has 0 atom stereocenters. The second-order valence-electron chi connectivity index (χ2n) is 4.38. The third kappa shape index (κ3) is 2.76. The number of hydrogen-bond donors (Lipinski definition) is 1. The van der Waals surface area contributed by atoms with Crippen LogP contribution < -0.4 is 5.73 Å². The lowest BCUT2D eigenvalue weighted by molar-refractivity contribution is 0.0715. The van der Waals surface area contributed by atoms with Crippen LogP contribution in [0.5, 0.6) is 0 Å². The van der Waals surface area contributed by atoms with E-state index < -0.39 is 5.82 Å². The van der Waals surface area contributed by atoms with Crippen LogP contribution in [0.3, 0.4) is 0 Å². The summed E-state index contributed by atoms with van der Waals surface area (Å²) < 4.78 is 19.7. The zero-order chi connectivity index (χ0) is 14.7. The van der Waals surface area contributed by atoms with Gasteiger partial charge >= 0.3 is 0 Å². The van der Waals surface area contributed by atoms with Gasteiger partial charge in [-0.1, -0.05) is 6.07 Å². The number of nitrogens with zero attached hydrogens (tertiary/aromatic N) is 1. The molecule has 6 heteroatoms. The first-order valence-electron chi connectivity index (χ1n) is 6.36. The van der Waals surface area contributed by atoms with Crippen LogP contribution in [0.1, 0.15) is 16.6 Å². The van der Waals surface area contributed by atoms with E-state index in [0.29, 0.717) is 34.7 Å². The Kier molecular flexibility index (Phi) is 4.57. The van der Waals surface area contributed by atoms with Crippen molar-refractivity contribution < 1.29 is 13.9 Å². The Morgan fingerprint density at radius 3 is 2.90 bits per heavy atom. The Morgan fingerprint density at radius 1 is 1.50 bits per heavy atom. The highest BCUT2D eigenvalue weighted by atomic mass is 32.1. The predicted molar refractivity (Wildman–Crippen MR) is 79.6 cm³/mol. The van der Waals surface area contributed by atoms with Gasteiger partial charge in [0.25, 0.3) is 5.91 Å². The minimum absolute atomic E-state index is 0.206. The van der Waals surface area contributed by atoms with E-state index in [2.05, 4.69) is 0 Å². The van der Waals surface area contributed by atoms with Crippen LogP contribution in [0.4, 0.5) is 10.1 Å². The van der Waals surface area contributed by atoms with Crippen molar-refractivity contribution in [1.29, 1.82) is 0 Å². The fraction of sp³-hybridized carbons (Fsp3) is 0.357. The minimum atomic E-state index is -0.396. The van der Waals surface area contributed by atoms with E-state index in [9.17, 15) is 9.18 Å². The number of thiophene rings is 1. The van der Waals surface area contributed by atoms with Crippen molar-refractivity contribution in [2.24, 2.45) is 0 Å². The minimum Gasteiger partial charge on any atom is -0.397 e. The van der Waals surface area contributed by atoms with Gasteiger partial charge in [0.15, 0.2) is 0 Å². The van der Waals surface area contributed by atoms with Crippen molar-refractivity contribution in [2.75, 3.05) is 32.5 Å². The number of fused-ring (bicyclic) bond motifs is 1. The number of rotatable bonds is 5. The second kappa shape index (κ2) is 6.19. The van der Waals surface area contributed by atoms with Gasteiger partial charge in [0.1, 0.15) is 10.7 Å². The molecule has 1 aromatic carbocycles. The Hall–Kier alpha value is -1.66. The summed E-state index contributed by atoms with van der Waals surface area (Å²) in [5, 5.41) is 0.332. The summed E-state index contributed by atoms with van der Waals surface area (Å²) in [6, 6.07) is 4.72. The van der Waals surface area contributed by atoms with Gasteiger partial charge in [-0.3, -0.25) is 4.79 Å². The molecule has 0 aliphatic carbocycles. The van der Waals surface area contributed by atoms with Crippen molar-refractivity contribution in [1.82, 2.24) is 4.90 Å². The molecule has 2 rings (SSSR count). The number of ether oxygens (including phenoxy) is 1. The maximum atomic E-state index is 13.8. The topological polar surface area (TPSA) is 55.6 Å². The molecule has 1 amide bonds.